The minimum atomic E-state index is -3.71. The van der Waals surface area contributed by atoms with Gasteiger partial charge in [0.2, 0.25) is 0 Å². The summed E-state index contributed by atoms with van der Waals surface area (Å²) in [5.74, 6) is 0.104. The highest BCUT2D eigenvalue weighted by atomic mass is 32.2. The van der Waals surface area contributed by atoms with Crippen LogP contribution in [0, 0.1) is 6.92 Å². The van der Waals surface area contributed by atoms with Gasteiger partial charge in [0.05, 0.1) is 10.6 Å². The van der Waals surface area contributed by atoms with Crippen molar-refractivity contribution < 1.29 is 17.9 Å². The smallest absolute Gasteiger partial charge is 0.262 e. The van der Waals surface area contributed by atoms with E-state index < -0.39 is 10.0 Å². The van der Waals surface area contributed by atoms with Crippen LogP contribution in [0.5, 0.6) is 5.75 Å². The third kappa shape index (κ3) is 5.77. The maximum Gasteiger partial charge on any atom is 0.262 e. The highest BCUT2D eigenvalue weighted by Gasteiger charge is 2.14. The van der Waals surface area contributed by atoms with E-state index in [0.29, 0.717) is 11.4 Å². The van der Waals surface area contributed by atoms with Crippen LogP contribution in [-0.4, -0.2) is 27.2 Å². The fourth-order valence-corrected chi connectivity index (χ4v) is 4.32. The number of thioether (sulfide) groups is 1. The minimum absolute atomic E-state index is 0.106. The first-order valence-electron chi connectivity index (χ1n) is 9.12. The number of benzene rings is 3. The second-order valence-electron chi connectivity index (χ2n) is 6.48. The maximum absolute atomic E-state index is 12.5. The summed E-state index contributed by atoms with van der Waals surface area (Å²) in [4.78, 5) is 13.2. The van der Waals surface area contributed by atoms with Gasteiger partial charge in [-0.3, -0.25) is 9.52 Å². The Morgan fingerprint density at radius 3 is 2.43 bits per heavy atom. The first-order valence-corrected chi connectivity index (χ1v) is 11.8. The van der Waals surface area contributed by atoms with Crippen LogP contribution >= 0.6 is 11.8 Å². The molecule has 2 N–H and O–H groups in total. The second-order valence-corrected chi connectivity index (χ2v) is 9.01. The molecule has 0 saturated carbocycles. The van der Waals surface area contributed by atoms with Crippen molar-refractivity contribution in [3.05, 3.63) is 78.4 Å². The molecule has 30 heavy (non-hydrogen) atoms. The van der Waals surface area contributed by atoms with Gasteiger partial charge in [-0.2, -0.15) is 0 Å². The number of rotatable bonds is 8. The number of carbonyl (C=O) groups excluding carboxylic acids is 1. The van der Waals surface area contributed by atoms with Crippen LogP contribution in [0.1, 0.15) is 5.56 Å². The molecule has 3 aromatic rings. The lowest BCUT2D eigenvalue weighted by atomic mass is 10.2. The number of amides is 1. The van der Waals surface area contributed by atoms with E-state index in [-0.39, 0.29) is 17.4 Å². The summed E-state index contributed by atoms with van der Waals surface area (Å²) in [6.45, 7) is 1.70. The number of sulfonamides is 1. The number of anilines is 2. The molecule has 1 amide bonds. The zero-order valence-corrected chi connectivity index (χ0v) is 18.2. The van der Waals surface area contributed by atoms with Crippen LogP contribution in [0.25, 0.3) is 0 Å². The van der Waals surface area contributed by atoms with Crippen LogP contribution < -0.4 is 14.8 Å². The van der Waals surface area contributed by atoms with Gasteiger partial charge in [-0.1, -0.05) is 24.3 Å². The molecule has 156 valence electrons. The Kier molecular flexibility index (Phi) is 7.02. The molecule has 0 atom stereocenters. The highest BCUT2D eigenvalue weighted by Crippen LogP contribution is 2.24. The standard InChI is InChI=1S/C22H22N2O4S2/c1-16-6-5-7-17(14-16)24-30(26,27)19-12-10-18(11-13-19)28-15-22(25)23-20-8-3-4-9-21(20)29-2/h3-14,24H,15H2,1-2H3,(H,23,25). The van der Waals surface area contributed by atoms with E-state index in [9.17, 15) is 13.2 Å². The maximum atomic E-state index is 12.5. The van der Waals surface area contributed by atoms with Crippen molar-refractivity contribution in [1.29, 1.82) is 0 Å². The van der Waals surface area contributed by atoms with Crippen molar-refractivity contribution in [2.45, 2.75) is 16.7 Å². The van der Waals surface area contributed by atoms with Gasteiger partial charge in [-0.05, 0) is 67.3 Å². The lowest BCUT2D eigenvalue weighted by Crippen LogP contribution is -2.20. The Morgan fingerprint density at radius 2 is 1.73 bits per heavy atom. The van der Waals surface area contributed by atoms with Crippen LogP contribution in [0.4, 0.5) is 11.4 Å². The van der Waals surface area contributed by atoms with Crippen LogP contribution in [-0.2, 0) is 14.8 Å². The molecule has 0 aromatic heterocycles. The summed E-state index contributed by atoms with van der Waals surface area (Å²) < 4.78 is 33.1. The van der Waals surface area contributed by atoms with Crippen molar-refractivity contribution in [3.8, 4) is 5.75 Å². The average Bonchev–Trinajstić information content (AvgIpc) is 2.73. The van der Waals surface area contributed by atoms with Crippen molar-refractivity contribution in [2.24, 2.45) is 0 Å². The average molecular weight is 443 g/mol. The van der Waals surface area contributed by atoms with Crippen LogP contribution in [0.3, 0.4) is 0 Å². The normalized spacial score (nSPS) is 11.0. The van der Waals surface area contributed by atoms with Gasteiger partial charge in [-0.15, -0.1) is 11.8 Å². The number of hydrogen-bond donors (Lipinski definition) is 2. The molecule has 0 heterocycles. The largest absolute Gasteiger partial charge is 0.484 e. The molecule has 0 unspecified atom stereocenters. The van der Waals surface area contributed by atoms with Gasteiger partial charge in [0.15, 0.2) is 6.61 Å². The molecule has 0 aliphatic rings. The third-order valence-corrected chi connectivity index (χ3v) is 6.35. The van der Waals surface area contributed by atoms with Crippen molar-refractivity contribution in [2.75, 3.05) is 22.9 Å². The molecule has 0 aliphatic heterocycles. The van der Waals surface area contributed by atoms with E-state index in [2.05, 4.69) is 10.0 Å². The zero-order valence-electron chi connectivity index (χ0n) is 16.6. The van der Waals surface area contributed by atoms with Crippen LogP contribution in [0.2, 0.25) is 0 Å². The Morgan fingerprint density at radius 1 is 1.00 bits per heavy atom. The molecule has 0 spiro atoms. The molecular formula is C22H22N2O4S2. The number of aryl methyl sites for hydroxylation is 1. The van der Waals surface area contributed by atoms with Gasteiger partial charge < -0.3 is 10.1 Å². The van der Waals surface area contributed by atoms with E-state index in [4.69, 9.17) is 4.74 Å². The number of hydrogen-bond acceptors (Lipinski definition) is 5. The Hall–Kier alpha value is -2.97. The van der Waals surface area contributed by atoms with E-state index in [1.807, 2.05) is 43.5 Å². The molecule has 0 radical (unpaired) electrons. The summed E-state index contributed by atoms with van der Waals surface area (Å²) >= 11 is 1.54. The topological polar surface area (TPSA) is 84.5 Å². The van der Waals surface area contributed by atoms with Gasteiger partial charge in [0.1, 0.15) is 5.75 Å². The highest BCUT2D eigenvalue weighted by molar-refractivity contribution is 7.98. The van der Waals surface area contributed by atoms with Crippen molar-refractivity contribution >= 4 is 39.1 Å². The van der Waals surface area contributed by atoms with Gasteiger partial charge >= 0.3 is 0 Å². The third-order valence-electron chi connectivity index (χ3n) is 4.16. The first-order chi connectivity index (χ1) is 14.4. The summed E-state index contributed by atoms with van der Waals surface area (Å²) in [5.41, 5.74) is 2.18. The minimum Gasteiger partial charge on any atom is -0.484 e. The molecular weight excluding hydrogens is 420 g/mol. The molecule has 3 aromatic carbocycles. The molecule has 3 rings (SSSR count). The van der Waals surface area contributed by atoms with Gasteiger partial charge in [-0.25, -0.2) is 8.42 Å². The Bertz CT molecular complexity index is 1130. The molecule has 0 aliphatic carbocycles. The number of para-hydroxylation sites is 1. The SMILES string of the molecule is CSc1ccccc1NC(=O)COc1ccc(S(=O)(=O)Nc2cccc(C)c2)cc1. The molecule has 8 heteroatoms. The lowest BCUT2D eigenvalue weighted by molar-refractivity contribution is -0.118. The summed E-state index contributed by atoms with van der Waals surface area (Å²) in [5, 5.41) is 2.81. The monoisotopic (exact) mass is 442 g/mol. The van der Waals surface area contributed by atoms with E-state index in [0.717, 1.165) is 16.1 Å². The number of nitrogens with one attached hydrogen (secondary N) is 2. The molecule has 0 saturated heterocycles. The second kappa shape index (κ2) is 9.69. The fraction of sp³-hybridized carbons (Fsp3) is 0.136. The quantitative estimate of drug-likeness (QED) is 0.501. The van der Waals surface area contributed by atoms with Crippen molar-refractivity contribution in [3.63, 3.8) is 0 Å². The predicted molar refractivity (Wildman–Crippen MR) is 121 cm³/mol. The molecule has 0 bridgehead atoms. The summed E-state index contributed by atoms with van der Waals surface area (Å²) in [7, 11) is -3.71. The number of carbonyl (C=O) groups is 1. The van der Waals surface area contributed by atoms with E-state index in [1.165, 1.54) is 36.0 Å². The molecule has 6 nitrogen and oxygen atoms in total. The fourth-order valence-electron chi connectivity index (χ4n) is 2.72. The van der Waals surface area contributed by atoms with Gasteiger partial charge in [0, 0.05) is 10.6 Å². The first kappa shape index (κ1) is 21.7. The van der Waals surface area contributed by atoms with E-state index in [1.54, 1.807) is 18.2 Å². The van der Waals surface area contributed by atoms with Gasteiger partial charge in [0.25, 0.3) is 15.9 Å². The van der Waals surface area contributed by atoms with Crippen molar-refractivity contribution in [1.82, 2.24) is 0 Å². The number of ether oxygens (including phenoxy) is 1. The molecule has 0 fully saturated rings. The lowest BCUT2D eigenvalue weighted by Gasteiger charge is -2.11. The Labute approximate surface area is 180 Å². The predicted octanol–water partition coefficient (Wildman–Crippen LogP) is 4.54. The Balaban J connectivity index is 1.59. The summed E-state index contributed by atoms with van der Waals surface area (Å²) in [6, 6.07) is 20.5. The van der Waals surface area contributed by atoms with E-state index >= 15 is 0 Å². The van der Waals surface area contributed by atoms with Crippen LogP contribution in [0.15, 0.2) is 82.6 Å². The summed E-state index contributed by atoms with van der Waals surface area (Å²) in [6.07, 6.45) is 1.94. The zero-order chi connectivity index (χ0) is 21.6.